The zero-order valence-corrected chi connectivity index (χ0v) is 14.0. The molecule has 0 atom stereocenters. The van der Waals surface area contributed by atoms with Gasteiger partial charge in [0.25, 0.3) is 5.91 Å². The zero-order chi connectivity index (χ0) is 15.9. The molecule has 0 aliphatic carbocycles. The number of ether oxygens (including phenoxy) is 1. The van der Waals surface area contributed by atoms with E-state index in [0.29, 0.717) is 0 Å². The first-order valence-electron chi connectivity index (χ1n) is 8.22. The Morgan fingerprint density at radius 2 is 2.05 bits per heavy atom. The van der Waals surface area contributed by atoms with Crippen LogP contribution in [-0.4, -0.2) is 44.1 Å². The molecule has 0 spiro atoms. The third-order valence-corrected chi connectivity index (χ3v) is 4.46. The molecule has 0 bridgehead atoms. The highest BCUT2D eigenvalue weighted by atomic mass is 16.5. The zero-order valence-electron chi connectivity index (χ0n) is 14.0. The lowest BCUT2D eigenvalue weighted by molar-refractivity contribution is -0.134. The predicted octanol–water partition coefficient (Wildman–Crippen LogP) is 2.53. The summed E-state index contributed by atoms with van der Waals surface area (Å²) in [6.07, 6.45) is 3.42. The molecule has 1 aromatic carbocycles. The second-order valence-electron chi connectivity index (χ2n) is 6.27. The average Bonchev–Trinajstić information content (AvgIpc) is 2.54. The average molecular weight is 304 g/mol. The van der Waals surface area contributed by atoms with E-state index in [0.717, 1.165) is 55.3 Å². The van der Waals surface area contributed by atoms with Crippen LogP contribution in [0.15, 0.2) is 18.2 Å². The van der Waals surface area contributed by atoms with Crippen molar-refractivity contribution < 1.29 is 9.53 Å². The van der Waals surface area contributed by atoms with Crippen LogP contribution in [0.1, 0.15) is 30.4 Å². The summed E-state index contributed by atoms with van der Waals surface area (Å²) in [6.45, 7) is 6.98. The van der Waals surface area contributed by atoms with Crippen LogP contribution in [0, 0.1) is 19.8 Å². The molecule has 0 unspecified atom stereocenters. The number of hydrogen-bond acceptors (Lipinski definition) is 3. The van der Waals surface area contributed by atoms with E-state index >= 15 is 0 Å². The molecule has 1 aliphatic heterocycles. The third-order valence-electron chi connectivity index (χ3n) is 4.46. The first-order chi connectivity index (χ1) is 10.6. The summed E-state index contributed by atoms with van der Waals surface area (Å²) in [5.74, 6) is 1.67. The number of piperidine rings is 1. The van der Waals surface area contributed by atoms with E-state index in [4.69, 9.17) is 4.74 Å². The maximum atomic E-state index is 12.3. The Bertz CT molecular complexity index is 494. The van der Waals surface area contributed by atoms with E-state index in [1.165, 1.54) is 6.42 Å². The molecule has 1 saturated heterocycles. The van der Waals surface area contributed by atoms with Crippen LogP contribution in [0.5, 0.6) is 5.75 Å². The third kappa shape index (κ3) is 4.73. The standard InChI is InChI=1S/C18H28N2O2/c1-14-4-5-15(2)17(12-14)22-13-18(21)20-10-7-16(8-11-20)6-9-19-3/h4-5,12,16,19H,6-11,13H2,1-3H3. The Morgan fingerprint density at radius 1 is 1.32 bits per heavy atom. The maximum absolute atomic E-state index is 12.3. The monoisotopic (exact) mass is 304 g/mol. The lowest BCUT2D eigenvalue weighted by atomic mass is 9.93. The number of benzene rings is 1. The van der Waals surface area contributed by atoms with Crippen molar-refractivity contribution in [1.29, 1.82) is 0 Å². The Balaban J connectivity index is 1.77. The van der Waals surface area contributed by atoms with Gasteiger partial charge in [0.2, 0.25) is 0 Å². The smallest absolute Gasteiger partial charge is 0.260 e. The maximum Gasteiger partial charge on any atom is 0.260 e. The number of rotatable bonds is 6. The first-order valence-corrected chi connectivity index (χ1v) is 8.22. The Hall–Kier alpha value is -1.55. The molecular weight excluding hydrogens is 276 g/mol. The number of nitrogens with one attached hydrogen (secondary N) is 1. The molecule has 1 N–H and O–H groups in total. The minimum atomic E-state index is 0.105. The van der Waals surface area contributed by atoms with Gasteiger partial charge in [-0.1, -0.05) is 12.1 Å². The predicted molar refractivity (Wildman–Crippen MR) is 89.3 cm³/mol. The molecule has 1 aromatic rings. The molecular formula is C18H28N2O2. The van der Waals surface area contributed by atoms with Gasteiger partial charge in [-0.3, -0.25) is 4.79 Å². The van der Waals surface area contributed by atoms with Crippen LogP contribution >= 0.6 is 0 Å². The lowest BCUT2D eigenvalue weighted by Gasteiger charge is -2.32. The molecule has 4 heteroatoms. The van der Waals surface area contributed by atoms with E-state index in [9.17, 15) is 4.79 Å². The number of carbonyl (C=O) groups excluding carboxylic acids is 1. The van der Waals surface area contributed by atoms with E-state index in [1.807, 2.05) is 37.9 Å². The highest BCUT2D eigenvalue weighted by Crippen LogP contribution is 2.21. The molecule has 4 nitrogen and oxygen atoms in total. The molecule has 0 saturated carbocycles. The SMILES string of the molecule is CNCCC1CCN(C(=O)COc2cc(C)ccc2C)CC1. The summed E-state index contributed by atoms with van der Waals surface area (Å²) in [6, 6.07) is 6.08. The second kappa shape index (κ2) is 8.18. The van der Waals surface area contributed by atoms with E-state index in [1.54, 1.807) is 0 Å². The molecule has 1 amide bonds. The summed E-state index contributed by atoms with van der Waals surface area (Å²) in [7, 11) is 1.99. The van der Waals surface area contributed by atoms with Gasteiger partial charge in [0.1, 0.15) is 5.75 Å². The molecule has 122 valence electrons. The van der Waals surface area contributed by atoms with Gasteiger partial charge in [0, 0.05) is 13.1 Å². The molecule has 2 rings (SSSR count). The molecule has 22 heavy (non-hydrogen) atoms. The minimum Gasteiger partial charge on any atom is -0.483 e. The van der Waals surface area contributed by atoms with Gasteiger partial charge < -0.3 is 15.0 Å². The van der Waals surface area contributed by atoms with Crippen molar-refractivity contribution in [1.82, 2.24) is 10.2 Å². The summed E-state index contributed by atoms with van der Waals surface area (Å²) in [5, 5.41) is 3.20. The molecule has 1 fully saturated rings. The van der Waals surface area contributed by atoms with Gasteiger partial charge in [-0.25, -0.2) is 0 Å². The van der Waals surface area contributed by atoms with E-state index in [2.05, 4.69) is 11.4 Å². The minimum absolute atomic E-state index is 0.105. The van der Waals surface area contributed by atoms with Crippen molar-refractivity contribution in [3.63, 3.8) is 0 Å². The Kier molecular flexibility index (Phi) is 6.25. The fraction of sp³-hybridized carbons (Fsp3) is 0.611. The fourth-order valence-corrected chi connectivity index (χ4v) is 2.91. The van der Waals surface area contributed by atoms with Gasteiger partial charge in [-0.2, -0.15) is 0 Å². The topological polar surface area (TPSA) is 41.6 Å². The molecule has 0 radical (unpaired) electrons. The summed E-state index contributed by atoms with van der Waals surface area (Å²) >= 11 is 0. The normalized spacial score (nSPS) is 15.9. The molecule has 1 aliphatic rings. The number of nitrogens with zero attached hydrogens (tertiary/aromatic N) is 1. The van der Waals surface area contributed by atoms with Gasteiger partial charge >= 0.3 is 0 Å². The van der Waals surface area contributed by atoms with Gasteiger partial charge in [0.15, 0.2) is 6.61 Å². The second-order valence-corrected chi connectivity index (χ2v) is 6.27. The van der Waals surface area contributed by atoms with E-state index in [-0.39, 0.29) is 12.5 Å². The van der Waals surface area contributed by atoms with Crippen LogP contribution in [0.2, 0.25) is 0 Å². The Labute approximate surface area is 133 Å². The van der Waals surface area contributed by atoms with Crippen molar-refractivity contribution in [2.24, 2.45) is 5.92 Å². The largest absolute Gasteiger partial charge is 0.483 e. The van der Waals surface area contributed by atoms with Crippen LogP contribution in [0.4, 0.5) is 0 Å². The van der Waals surface area contributed by atoms with Crippen molar-refractivity contribution in [2.75, 3.05) is 33.3 Å². The first kappa shape index (κ1) is 16.8. The highest BCUT2D eigenvalue weighted by molar-refractivity contribution is 5.77. The van der Waals surface area contributed by atoms with Crippen molar-refractivity contribution >= 4 is 5.91 Å². The van der Waals surface area contributed by atoms with Gasteiger partial charge in [0.05, 0.1) is 0 Å². The molecule has 0 aromatic heterocycles. The fourth-order valence-electron chi connectivity index (χ4n) is 2.91. The highest BCUT2D eigenvalue weighted by Gasteiger charge is 2.22. The van der Waals surface area contributed by atoms with Crippen LogP contribution in [-0.2, 0) is 4.79 Å². The lowest BCUT2D eigenvalue weighted by Crippen LogP contribution is -2.41. The van der Waals surface area contributed by atoms with Crippen LogP contribution in [0.3, 0.4) is 0 Å². The van der Waals surface area contributed by atoms with E-state index < -0.39 is 0 Å². The summed E-state index contributed by atoms with van der Waals surface area (Å²) in [4.78, 5) is 14.2. The molecule has 1 heterocycles. The van der Waals surface area contributed by atoms with Crippen LogP contribution < -0.4 is 10.1 Å². The number of carbonyl (C=O) groups is 1. The number of aryl methyl sites for hydroxylation is 2. The van der Waals surface area contributed by atoms with Crippen molar-refractivity contribution in [3.8, 4) is 5.75 Å². The van der Waals surface area contributed by atoms with Crippen LogP contribution in [0.25, 0.3) is 0 Å². The van der Waals surface area contributed by atoms with Gasteiger partial charge in [-0.15, -0.1) is 0 Å². The quantitative estimate of drug-likeness (QED) is 0.878. The van der Waals surface area contributed by atoms with Crippen molar-refractivity contribution in [3.05, 3.63) is 29.3 Å². The van der Waals surface area contributed by atoms with Gasteiger partial charge in [-0.05, 0) is 69.8 Å². The van der Waals surface area contributed by atoms with Crippen molar-refractivity contribution in [2.45, 2.75) is 33.1 Å². The number of likely N-dealkylation sites (tertiary alicyclic amines) is 1. The Morgan fingerprint density at radius 3 is 2.73 bits per heavy atom. The summed E-state index contributed by atoms with van der Waals surface area (Å²) in [5.41, 5.74) is 2.22. The summed E-state index contributed by atoms with van der Waals surface area (Å²) < 4.78 is 5.72. The number of amides is 1. The number of hydrogen-bond donors (Lipinski definition) is 1.